The van der Waals surface area contributed by atoms with Crippen LogP contribution in [0.5, 0.6) is 5.75 Å². The van der Waals surface area contributed by atoms with Crippen LogP contribution in [0.25, 0.3) is 10.4 Å². The van der Waals surface area contributed by atoms with Crippen molar-refractivity contribution in [2.75, 3.05) is 0 Å². The molecule has 0 saturated carbocycles. The SMILES string of the molecule is CC(=N)c1csc(-c2ccc(C(C)(C)C)cc2)c1O. The molecule has 1 heterocycles. The van der Waals surface area contributed by atoms with Gasteiger partial charge in [-0.25, -0.2) is 0 Å². The molecule has 19 heavy (non-hydrogen) atoms. The lowest BCUT2D eigenvalue weighted by Gasteiger charge is -2.19. The topological polar surface area (TPSA) is 44.1 Å². The summed E-state index contributed by atoms with van der Waals surface area (Å²) >= 11 is 1.48. The highest BCUT2D eigenvalue weighted by Gasteiger charge is 2.16. The van der Waals surface area contributed by atoms with E-state index in [9.17, 15) is 5.11 Å². The summed E-state index contributed by atoms with van der Waals surface area (Å²) in [6.45, 7) is 8.23. The van der Waals surface area contributed by atoms with Crippen molar-refractivity contribution >= 4 is 17.0 Å². The van der Waals surface area contributed by atoms with Crippen LogP contribution in [0.3, 0.4) is 0 Å². The highest BCUT2D eigenvalue weighted by Crippen LogP contribution is 2.39. The van der Waals surface area contributed by atoms with Crippen molar-refractivity contribution in [3.8, 4) is 16.2 Å². The lowest BCUT2D eigenvalue weighted by Crippen LogP contribution is -2.10. The second-order valence-corrected chi connectivity index (χ2v) is 6.66. The van der Waals surface area contributed by atoms with Crippen LogP contribution in [0, 0.1) is 5.41 Å². The normalized spacial score (nSPS) is 11.6. The van der Waals surface area contributed by atoms with E-state index in [1.54, 1.807) is 6.92 Å². The van der Waals surface area contributed by atoms with Crippen LogP contribution >= 0.6 is 11.3 Å². The van der Waals surface area contributed by atoms with Gasteiger partial charge in [-0.05, 0) is 23.5 Å². The number of nitrogens with one attached hydrogen (secondary N) is 1. The van der Waals surface area contributed by atoms with Crippen molar-refractivity contribution < 1.29 is 5.11 Å². The third-order valence-corrected chi connectivity index (χ3v) is 4.20. The van der Waals surface area contributed by atoms with Crippen molar-refractivity contribution in [2.24, 2.45) is 0 Å². The Kier molecular flexibility index (Phi) is 3.50. The molecule has 0 bridgehead atoms. The summed E-state index contributed by atoms with van der Waals surface area (Å²) in [7, 11) is 0. The molecule has 0 amide bonds. The number of aromatic hydroxyl groups is 1. The van der Waals surface area contributed by atoms with Crippen LogP contribution < -0.4 is 0 Å². The van der Waals surface area contributed by atoms with Crippen LogP contribution in [0.2, 0.25) is 0 Å². The van der Waals surface area contributed by atoms with Gasteiger partial charge >= 0.3 is 0 Å². The van der Waals surface area contributed by atoms with Crippen molar-refractivity contribution in [3.63, 3.8) is 0 Å². The maximum Gasteiger partial charge on any atom is 0.143 e. The first kappa shape index (κ1) is 13.8. The third-order valence-electron chi connectivity index (χ3n) is 3.18. The fraction of sp³-hybridized carbons (Fsp3) is 0.312. The predicted octanol–water partition coefficient (Wildman–Crippen LogP) is 4.81. The fourth-order valence-corrected chi connectivity index (χ4v) is 2.96. The Balaban J connectivity index is 2.41. The summed E-state index contributed by atoms with van der Waals surface area (Å²) in [5, 5.41) is 19.6. The molecule has 0 radical (unpaired) electrons. The maximum atomic E-state index is 10.2. The number of rotatable bonds is 2. The van der Waals surface area contributed by atoms with Crippen molar-refractivity contribution in [1.82, 2.24) is 0 Å². The summed E-state index contributed by atoms with van der Waals surface area (Å²) in [4.78, 5) is 0.835. The first-order chi connectivity index (χ1) is 8.80. The standard InChI is InChI=1S/C16H19NOS/c1-10(17)13-9-19-15(14(13)18)11-5-7-12(8-6-11)16(2,3)4/h5-9,17-18H,1-4H3. The number of thiophene rings is 1. The molecule has 2 N–H and O–H groups in total. The van der Waals surface area contributed by atoms with Crippen LogP contribution in [-0.4, -0.2) is 10.8 Å². The van der Waals surface area contributed by atoms with E-state index in [0.717, 1.165) is 10.4 Å². The molecule has 2 rings (SSSR count). The number of benzene rings is 1. The van der Waals surface area contributed by atoms with Gasteiger partial charge in [-0.3, -0.25) is 0 Å². The first-order valence-corrected chi connectivity index (χ1v) is 7.15. The van der Waals surface area contributed by atoms with Crippen molar-refractivity contribution in [1.29, 1.82) is 5.41 Å². The molecule has 0 spiro atoms. The molecule has 3 heteroatoms. The van der Waals surface area contributed by atoms with Crippen molar-refractivity contribution in [2.45, 2.75) is 33.1 Å². The Morgan fingerprint density at radius 2 is 1.74 bits per heavy atom. The second kappa shape index (κ2) is 4.82. The zero-order valence-electron chi connectivity index (χ0n) is 11.7. The van der Waals surface area contributed by atoms with E-state index in [1.807, 2.05) is 17.5 Å². The summed E-state index contributed by atoms with van der Waals surface area (Å²) in [5.74, 6) is 0.223. The van der Waals surface area contributed by atoms with Gasteiger partial charge in [-0.2, -0.15) is 0 Å². The summed E-state index contributed by atoms with van der Waals surface area (Å²) in [5.41, 5.74) is 3.43. The Hall–Kier alpha value is -1.61. The van der Waals surface area contributed by atoms with E-state index in [1.165, 1.54) is 16.9 Å². The average Bonchev–Trinajstić information content (AvgIpc) is 2.70. The Labute approximate surface area is 118 Å². The lowest BCUT2D eigenvalue weighted by molar-refractivity contribution is 0.478. The molecule has 0 aliphatic carbocycles. The quantitative estimate of drug-likeness (QED) is 0.758. The van der Waals surface area contributed by atoms with E-state index >= 15 is 0 Å². The molecule has 1 aromatic heterocycles. The minimum Gasteiger partial charge on any atom is -0.506 e. The minimum atomic E-state index is 0.132. The zero-order valence-corrected chi connectivity index (χ0v) is 12.6. The van der Waals surface area contributed by atoms with Gasteiger partial charge in [0.2, 0.25) is 0 Å². The summed E-state index contributed by atoms with van der Waals surface area (Å²) in [6.07, 6.45) is 0. The summed E-state index contributed by atoms with van der Waals surface area (Å²) < 4.78 is 0. The molecule has 1 aromatic carbocycles. The van der Waals surface area contributed by atoms with Gasteiger partial charge in [-0.1, -0.05) is 45.0 Å². The lowest BCUT2D eigenvalue weighted by atomic mass is 9.86. The molecule has 0 atom stereocenters. The molecular formula is C16H19NOS. The van der Waals surface area contributed by atoms with Gasteiger partial charge in [-0.15, -0.1) is 11.3 Å². The van der Waals surface area contributed by atoms with E-state index in [0.29, 0.717) is 11.3 Å². The van der Waals surface area contributed by atoms with E-state index < -0.39 is 0 Å². The highest BCUT2D eigenvalue weighted by atomic mass is 32.1. The average molecular weight is 273 g/mol. The molecule has 0 aliphatic rings. The molecule has 100 valence electrons. The smallest absolute Gasteiger partial charge is 0.143 e. The predicted molar refractivity (Wildman–Crippen MR) is 82.6 cm³/mol. The largest absolute Gasteiger partial charge is 0.506 e. The fourth-order valence-electron chi connectivity index (χ4n) is 1.94. The minimum absolute atomic E-state index is 0.132. The molecule has 2 nitrogen and oxygen atoms in total. The summed E-state index contributed by atoms with van der Waals surface area (Å²) in [6, 6.07) is 8.28. The molecule has 0 unspecified atom stereocenters. The number of hydrogen-bond donors (Lipinski definition) is 2. The van der Waals surface area contributed by atoms with Crippen LogP contribution in [0.1, 0.15) is 38.8 Å². The molecular weight excluding hydrogens is 254 g/mol. The third kappa shape index (κ3) is 2.71. The number of hydrogen-bond acceptors (Lipinski definition) is 3. The Morgan fingerprint density at radius 3 is 2.16 bits per heavy atom. The van der Waals surface area contributed by atoms with E-state index in [-0.39, 0.29) is 11.2 Å². The molecule has 0 fully saturated rings. The monoisotopic (exact) mass is 273 g/mol. The maximum absolute atomic E-state index is 10.2. The first-order valence-electron chi connectivity index (χ1n) is 6.27. The molecule has 0 saturated heterocycles. The van der Waals surface area contributed by atoms with Gasteiger partial charge < -0.3 is 10.5 Å². The van der Waals surface area contributed by atoms with Crippen LogP contribution in [0.4, 0.5) is 0 Å². The van der Waals surface area contributed by atoms with E-state index in [2.05, 4.69) is 32.9 Å². The van der Waals surface area contributed by atoms with Crippen molar-refractivity contribution in [3.05, 3.63) is 40.8 Å². The van der Waals surface area contributed by atoms with Gasteiger partial charge in [0.05, 0.1) is 4.88 Å². The van der Waals surface area contributed by atoms with Gasteiger partial charge in [0, 0.05) is 16.7 Å². The van der Waals surface area contributed by atoms with Gasteiger partial charge in [0.1, 0.15) is 5.75 Å². The Bertz CT molecular complexity index is 603. The van der Waals surface area contributed by atoms with E-state index in [4.69, 9.17) is 5.41 Å². The zero-order chi connectivity index (χ0) is 14.2. The molecule has 0 aliphatic heterocycles. The van der Waals surface area contributed by atoms with Gasteiger partial charge in [0.15, 0.2) is 0 Å². The molecule has 2 aromatic rings. The second-order valence-electron chi connectivity index (χ2n) is 5.78. The highest BCUT2D eigenvalue weighted by molar-refractivity contribution is 7.14. The van der Waals surface area contributed by atoms with Crippen LogP contribution in [-0.2, 0) is 5.41 Å². The Morgan fingerprint density at radius 1 is 1.16 bits per heavy atom. The van der Waals surface area contributed by atoms with Crippen LogP contribution in [0.15, 0.2) is 29.6 Å². The van der Waals surface area contributed by atoms with Gasteiger partial charge in [0.25, 0.3) is 0 Å².